The lowest BCUT2D eigenvalue weighted by atomic mass is 10.1. The summed E-state index contributed by atoms with van der Waals surface area (Å²) in [5, 5.41) is 7.22. The number of carbonyl (C=O) groups excluding carboxylic acids is 1. The van der Waals surface area contributed by atoms with Gasteiger partial charge in [0.1, 0.15) is 18.0 Å². The summed E-state index contributed by atoms with van der Waals surface area (Å²) in [5.74, 6) is 1.11. The highest BCUT2D eigenvalue weighted by Gasteiger charge is 2.08. The van der Waals surface area contributed by atoms with Gasteiger partial charge in [-0.25, -0.2) is 9.97 Å². The number of rotatable bonds is 5. The van der Waals surface area contributed by atoms with Crippen LogP contribution in [0.2, 0.25) is 10.0 Å². The van der Waals surface area contributed by atoms with Crippen LogP contribution >= 0.6 is 23.2 Å². The summed E-state index contributed by atoms with van der Waals surface area (Å²) >= 11 is 12.3. The van der Waals surface area contributed by atoms with E-state index in [9.17, 15) is 4.79 Å². The van der Waals surface area contributed by atoms with Crippen LogP contribution in [-0.4, -0.2) is 15.8 Å². The van der Waals surface area contributed by atoms with Crippen LogP contribution in [-0.2, 0) is 0 Å². The van der Waals surface area contributed by atoms with E-state index >= 15 is 0 Å². The van der Waals surface area contributed by atoms with Crippen LogP contribution in [0.4, 0.5) is 23.0 Å². The number of hydrogen-bond acceptors (Lipinski definition) is 5. The van der Waals surface area contributed by atoms with Gasteiger partial charge in [0.05, 0.1) is 15.7 Å². The van der Waals surface area contributed by atoms with Gasteiger partial charge in [-0.15, -0.1) is 0 Å². The molecule has 2 N–H and O–H groups in total. The Kier molecular flexibility index (Phi) is 5.16. The van der Waals surface area contributed by atoms with Crippen LogP contribution in [0.5, 0.6) is 0 Å². The molecule has 0 aliphatic carbocycles. The lowest BCUT2D eigenvalue weighted by Crippen LogP contribution is -2.00. The number of ketones is 1. The number of para-hydroxylation sites is 1. The number of halogens is 2. The van der Waals surface area contributed by atoms with E-state index in [-0.39, 0.29) is 5.78 Å². The second kappa shape index (κ2) is 7.51. The monoisotopic (exact) mass is 372 g/mol. The molecule has 3 rings (SSSR count). The molecule has 5 nitrogen and oxygen atoms in total. The molecule has 2 aromatic carbocycles. The average Bonchev–Trinajstić information content (AvgIpc) is 2.59. The summed E-state index contributed by atoms with van der Waals surface area (Å²) in [7, 11) is 0. The van der Waals surface area contributed by atoms with Crippen molar-refractivity contribution in [3.63, 3.8) is 0 Å². The van der Waals surface area contributed by atoms with Crippen molar-refractivity contribution in [1.29, 1.82) is 0 Å². The fourth-order valence-corrected chi connectivity index (χ4v) is 2.70. The summed E-state index contributed by atoms with van der Waals surface area (Å²) in [6.07, 6.45) is 1.42. The molecule has 0 saturated carbocycles. The van der Waals surface area contributed by atoms with Gasteiger partial charge in [0, 0.05) is 17.3 Å². The van der Waals surface area contributed by atoms with Crippen molar-refractivity contribution >= 4 is 52.0 Å². The number of carbonyl (C=O) groups is 1. The predicted octanol–water partition coefficient (Wildman–Crippen LogP) is 5.47. The zero-order chi connectivity index (χ0) is 17.8. The Morgan fingerprint density at radius 2 is 1.56 bits per heavy atom. The normalized spacial score (nSPS) is 10.4. The van der Waals surface area contributed by atoms with Crippen LogP contribution in [0, 0.1) is 0 Å². The second-order valence-corrected chi connectivity index (χ2v) is 6.09. The standard InChI is InChI=1S/C18H14Cl2N4O/c1-11(25)12-4-2-5-13(8-12)23-16-9-17(22-10-21-16)24-18-14(19)6-3-7-15(18)20/h2-10H,1H3,(H2,21,22,23,24). The van der Waals surface area contributed by atoms with Gasteiger partial charge in [0.2, 0.25) is 0 Å². The largest absolute Gasteiger partial charge is 0.340 e. The molecule has 7 heteroatoms. The number of aromatic nitrogens is 2. The van der Waals surface area contributed by atoms with E-state index in [1.54, 1.807) is 36.4 Å². The van der Waals surface area contributed by atoms with Crippen molar-refractivity contribution < 1.29 is 4.79 Å². The van der Waals surface area contributed by atoms with Crippen molar-refractivity contribution in [2.24, 2.45) is 0 Å². The predicted molar refractivity (Wildman–Crippen MR) is 102 cm³/mol. The summed E-state index contributed by atoms with van der Waals surface area (Å²) in [4.78, 5) is 19.8. The maximum atomic E-state index is 11.5. The van der Waals surface area contributed by atoms with Crippen LogP contribution in [0.1, 0.15) is 17.3 Å². The third-order valence-electron chi connectivity index (χ3n) is 3.42. The fraction of sp³-hybridized carbons (Fsp3) is 0.0556. The maximum absolute atomic E-state index is 11.5. The van der Waals surface area contributed by atoms with Gasteiger partial charge in [0.15, 0.2) is 5.78 Å². The molecule has 0 amide bonds. The molecule has 0 saturated heterocycles. The van der Waals surface area contributed by atoms with Gasteiger partial charge < -0.3 is 10.6 Å². The quantitative estimate of drug-likeness (QED) is 0.580. The Morgan fingerprint density at radius 1 is 0.920 bits per heavy atom. The van der Waals surface area contributed by atoms with Crippen LogP contribution in [0.25, 0.3) is 0 Å². The number of Topliss-reactive ketones (excluding diaryl/α,β-unsaturated/α-hetero) is 1. The Balaban J connectivity index is 1.82. The minimum atomic E-state index is 0.00190. The molecule has 0 atom stereocenters. The molecule has 1 heterocycles. The smallest absolute Gasteiger partial charge is 0.159 e. The van der Waals surface area contributed by atoms with E-state index in [0.717, 1.165) is 5.69 Å². The van der Waals surface area contributed by atoms with Gasteiger partial charge in [0.25, 0.3) is 0 Å². The van der Waals surface area contributed by atoms with Crippen molar-refractivity contribution in [3.8, 4) is 0 Å². The molecule has 1 aromatic heterocycles. The molecular weight excluding hydrogens is 359 g/mol. The van der Waals surface area contributed by atoms with Gasteiger partial charge in [-0.05, 0) is 31.2 Å². The highest BCUT2D eigenvalue weighted by atomic mass is 35.5. The summed E-state index contributed by atoms with van der Waals surface area (Å²) < 4.78 is 0. The van der Waals surface area contributed by atoms with E-state index in [4.69, 9.17) is 23.2 Å². The fourth-order valence-electron chi connectivity index (χ4n) is 2.20. The van der Waals surface area contributed by atoms with Crippen molar-refractivity contribution in [1.82, 2.24) is 9.97 Å². The molecule has 3 aromatic rings. The first-order valence-corrected chi connectivity index (χ1v) is 8.19. The summed E-state index contributed by atoms with van der Waals surface area (Å²) in [6, 6.07) is 14.2. The lowest BCUT2D eigenvalue weighted by molar-refractivity contribution is 0.101. The topological polar surface area (TPSA) is 66.9 Å². The van der Waals surface area contributed by atoms with E-state index < -0.39 is 0 Å². The molecule has 0 fully saturated rings. The average molecular weight is 373 g/mol. The van der Waals surface area contributed by atoms with Crippen LogP contribution in [0.15, 0.2) is 54.9 Å². The van der Waals surface area contributed by atoms with Gasteiger partial charge >= 0.3 is 0 Å². The molecule has 0 aliphatic rings. The van der Waals surface area contributed by atoms with Crippen LogP contribution in [0.3, 0.4) is 0 Å². The molecule has 0 radical (unpaired) electrons. The third-order valence-corrected chi connectivity index (χ3v) is 4.05. The zero-order valence-electron chi connectivity index (χ0n) is 13.3. The van der Waals surface area contributed by atoms with Crippen molar-refractivity contribution in [2.75, 3.05) is 10.6 Å². The Hall–Kier alpha value is -2.63. The lowest BCUT2D eigenvalue weighted by Gasteiger charge is -2.11. The van der Waals surface area contributed by atoms with Gasteiger partial charge in [-0.1, -0.05) is 41.4 Å². The SMILES string of the molecule is CC(=O)c1cccc(Nc2cc(Nc3c(Cl)cccc3Cl)ncn2)c1. The molecular formula is C18H14Cl2N4O. The Bertz CT molecular complexity index is 910. The van der Waals surface area contributed by atoms with Crippen molar-refractivity contribution in [3.05, 3.63) is 70.5 Å². The van der Waals surface area contributed by atoms with Crippen molar-refractivity contribution in [2.45, 2.75) is 6.92 Å². The summed E-state index contributed by atoms with van der Waals surface area (Å²) in [6.45, 7) is 1.53. The minimum absolute atomic E-state index is 0.00190. The number of benzene rings is 2. The maximum Gasteiger partial charge on any atom is 0.159 e. The Labute approximate surface area is 155 Å². The van der Waals surface area contributed by atoms with Gasteiger partial charge in [-0.2, -0.15) is 0 Å². The third kappa shape index (κ3) is 4.26. The molecule has 25 heavy (non-hydrogen) atoms. The van der Waals surface area contributed by atoms with E-state index in [2.05, 4.69) is 20.6 Å². The van der Waals surface area contributed by atoms with E-state index in [0.29, 0.717) is 32.9 Å². The first-order valence-electron chi connectivity index (χ1n) is 7.44. The molecule has 0 bridgehead atoms. The molecule has 0 spiro atoms. The molecule has 0 unspecified atom stereocenters. The highest BCUT2D eigenvalue weighted by molar-refractivity contribution is 6.39. The number of hydrogen-bond donors (Lipinski definition) is 2. The highest BCUT2D eigenvalue weighted by Crippen LogP contribution is 2.32. The number of nitrogens with one attached hydrogen (secondary N) is 2. The number of nitrogens with zero attached hydrogens (tertiary/aromatic N) is 2. The summed E-state index contributed by atoms with van der Waals surface area (Å²) in [5.41, 5.74) is 1.96. The first kappa shape index (κ1) is 17.2. The number of anilines is 4. The Morgan fingerprint density at radius 3 is 2.24 bits per heavy atom. The van der Waals surface area contributed by atoms with Crippen LogP contribution < -0.4 is 10.6 Å². The minimum Gasteiger partial charge on any atom is -0.340 e. The van der Waals surface area contributed by atoms with E-state index in [1.807, 2.05) is 12.1 Å². The molecule has 126 valence electrons. The zero-order valence-corrected chi connectivity index (χ0v) is 14.8. The second-order valence-electron chi connectivity index (χ2n) is 5.27. The van der Waals surface area contributed by atoms with E-state index in [1.165, 1.54) is 13.3 Å². The first-order chi connectivity index (χ1) is 12.0. The molecule has 0 aliphatic heterocycles. The van der Waals surface area contributed by atoms with Gasteiger partial charge in [-0.3, -0.25) is 4.79 Å².